The molecule has 0 aromatic rings. The normalized spacial score (nSPS) is 35.0. The number of rotatable bonds is 4. The van der Waals surface area contributed by atoms with Crippen LogP contribution in [-0.4, -0.2) is 33.5 Å². The molecule has 5 heteroatoms. The van der Waals surface area contributed by atoms with Gasteiger partial charge in [-0.15, -0.1) is 23.2 Å². The zero-order valence-corrected chi connectivity index (χ0v) is 13.8. The van der Waals surface area contributed by atoms with Crippen molar-refractivity contribution in [2.45, 2.75) is 66.8 Å². The molecule has 2 fully saturated rings. The number of hydrogen-bond acceptors (Lipinski definition) is 2. The van der Waals surface area contributed by atoms with E-state index in [-0.39, 0.29) is 16.3 Å². The molecule has 0 saturated heterocycles. The van der Waals surface area contributed by atoms with Gasteiger partial charge in [-0.3, -0.25) is 0 Å². The summed E-state index contributed by atoms with van der Waals surface area (Å²) in [5.74, 6) is 0. The van der Waals surface area contributed by atoms with E-state index in [4.69, 9.17) is 32.1 Å². The van der Waals surface area contributed by atoms with Crippen LogP contribution in [0.1, 0.15) is 44.9 Å². The first-order valence-corrected chi connectivity index (χ1v) is 9.88. The van der Waals surface area contributed by atoms with Crippen molar-refractivity contribution in [3.8, 4) is 0 Å². The molecule has 2 unspecified atom stereocenters. The van der Waals surface area contributed by atoms with Crippen molar-refractivity contribution in [1.29, 1.82) is 0 Å². The van der Waals surface area contributed by atoms with Gasteiger partial charge in [0.25, 0.3) is 0 Å². The van der Waals surface area contributed by atoms with Gasteiger partial charge in [0.15, 0.2) is 0 Å². The van der Waals surface area contributed by atoms with Gasteiger partial charge in [-0.1, -0.05) is 19.3 Å². The Bertz CT molecular complexity index is 258. The van der Waals surface area contributed by atoms with E-state index in [1.54, 1.807) is 14.2 Å². The van der Waals surface area contributed by atoms with Crippen molar-refractivity contribution in [2.24, 2.45) is 0 Å². The van der Waals surface area contributed by atoms with Gasteiger partial charge in [-0.25, -0.2) is 0 Å². The van der Waals surface area contributed by atoms with E-state index in [1.807, 2.05) is 0 Å². The first-order valence-electron chi connectivity index (χ1n) is 7.04. The topological polar surface area (TPSA) is 18.5 Å². The molecule has 0 radical (unpaired) electrons. The lowest BCUT2D eigenvalue weighted by Crippen LogP contribution is -2.53. The van der Waals surface area contributed by atoms with Crippen LogP contribution < -0.4 is 0 Å². The summed E-state index contributed by atoms with van der Waals surface area (Å²) < 4.78 is 12.0. The lowest BCUT2D eigenvalue weighted by molar-refractivity contribution is 0.204. The van der Waals surface area contributed by atoms with E-state index >= 15 is 0 Å². The molecule has 106 valence electrons. The van der Waals surface area contributed by atoms with Gasteiger partial charge >= 0.3 is 8.56 Å². The lowest BCUT2D eigenvalue weighted by Gasteiger charge is -2.43. The Kier molecular flexibility index (Phi) is 5.41. The average molecular weight is 311 g/mol. The minimum Gasteiger partial charge on any atom is -0.397 e. The highest BCUT2D eigenvalue weighted by molar-refractivity contribution is 6.72. The Labute approximate surface area is 122 Å². The van der Waals surface area contributed by atoms with Crippen molar-refractivity contribution in [1.82, 2.24) is 0 Å². The molecule has 2 atom stereocenters. The van der Waals surface area contributed by atoms with Crippen LogP contribution in [0.25, 0.3) is 0 Å². The van der Waals surface area contributed by atoms with E-state index in [0.29, 0.717) is 5.54 Å². The van der Waals surface area contributed by atoms with Crippen LogP contribution in [0.3, 0.4) is 0 Å². The van der Waals surface area contributed by atoms with Crippen LogP contribution in [-0.2, 0) is 8.85 Å². The van der Waals surface area contributed by atoms with E-state index in [1.165, 1.54) is 32.1 Å². The molecule has 0 aliphatic heterocycles. The molecular weight excluding hydrogens is 287 g/mol. The molecule has 0 N–H and O–H groups in total. The van der Waals surface area contributed by atoms with Gasteiger partial charge in [0.05, 0.1) is 0 Å². The molecule has 2 nitrogen and oxygen atoms in total. The number of alkyl halides is 2. The SMILES string of the molecule is CO[Si](OC)(C1CCCCC1)C1C(Cl)CCC1Cl. The third-order valence-corrected chi connectivity index (χ3v) is 10.9. The molecule has 0 spiro atoms. The van der Waals surface area contributed by atoms with E-state index in [2.05, 4.69) is 0 Å². The molecule has 0 heterocycles. The zero-order chi connectivity index (χ0) is 13.2. The molecule has 2 rings (SSSR count). The summed E-state index contributed by atoms with van der Waals surface area (Å²) in [4.78, 5) is 0. The maximum atomic E-state index is 6.52. The molecule has 2 aliphatic carbocycles. The minimum atomic E-state index is -2.30. The van der Waals surface area contributed by atoms with Gasteiger partial charge in [0.2, 0.25) is 0 Å². The Morgan fingerprint density at radius 3 is 1.78 bits per heavy atom. The first-order chi connectivity index (χ1) is 8.65. The van der Waals surface area contributed by atoms with Crippen molar-refractivity contribution in [2.75, 3.05) is 14.2 Å². The molecule has 0 bridgehead atoms. The summed E-state index contributed by atoms with van der Waals surface area (Å²) in [6.07, 6.45) is 8.35. The Balaban J connectivity index is 2.23. The highest BCUT2D eigenvalue weighted by atomic mass is 35.5. The molecule has 18 heavy (non-hydrogen) atoms. The van der Waals surface area contributed by atoms with Crippen molar-refractivity contribution < 1.29 is 8.85 Å². The van der Waals surface area contributed by atoms with Crippen LogP contribution in [0, 0.1) is 0 Å². The largest absolute Gasteiger partial charge is 0.397 e. The van der Waals surface area contributed by atoms with Crippen LogP contribution in [0.15, 0.2) is 0 Å². The highest BCUT2D eigenvalue weighted by Crippen LogP contribution is 2.52. The third-order valence-electron chi connectivity index (χ3n) is 4.77. The molecule has 2 aliphatic rings. The second-order valence-electron chi connectivity index (χ2n) is 5.60. The summed E-state index contributed by atoms with van der Waals surface area (Å²) in [6, 6.07) is 0. The fourth-order valence-corrected chi connectivity index (χ4v) is 10.1. The molecule has 2 saturated carbocycles. The van der Waals surface area contributed by atoms with Crippen LogP contribution in [0.4, 0.5) is 0 Å². The Hall–Kier alpha value is 0.717. The molecular formula is C13H24Cl2O2Si. The Morgan fingerprint density at radius 2 is 1.33 bits per heavy atom. The first kappa shape index (κ1) is 15.1. The van der Waals surface area contributed by atoms with Crippen LogP contribution in [0.2, 0.25) is 11.1 Å². The smallest absolute Gasteiger partial charge is 0.347 e. The second kappa shape index (κ2) is 6.44. The van der Waals surface area contributed by atoms with Crippen LogP contribution in [0.5, 0.6) is 0 Å². The lowest BCUT2D eigenvalue weighted by atomic mass is 10.0. The maximum Gasteiger partial charge on any atom is 0.347 e. The van der Waals surface area contributed by atoms with Gasteiger partial charge in [-0.2, -0.15) is 0 Å². The summed E-state index contributed by atoms with van der Waals surface area (Å²) in [5.41, 5.74) is 0.797. The van der Waals surface area contributed by atoms with Crippen molar-refractivity contribution in [3.05, 3.63) is 0 Å². The fraction of sp³-hybridized carbons (Fsp3) is 1.00. The van der Waals surface area contributed by atoms with Crippen molar-refractivity contribution >= 4 is 31.8 Å². The average Bonchev–Trinajstić information content (AvgIpc) is 2.75. The molecule has 0 amide bonds. The van der Waals surface area contributed by atoms with Crippen LogP contribution >= 0.6 is 23.2 Å². The zero-order valence-electron chi connectivity index (χ0n) is 11.3. The summed E-state index contributed by atoms with van der Waals surface area (Å²) in [5, 5.41) is 0.252. The van der Waals surface area contributed by atoms with E-state index in [9.17, 15) is 0 Å². The van der Waals surface area contributed by atoms with Gasteiger partial charge in [0, 0.05) is 36.1 Å². The number of hydrogen-bond donors (Lipinski definition) is 0. The molecule has 0 aromatic heterocycles. The summed E-state index contributed by atoms with van der Waals surface area (Å²) >= 11 is 13.0. The van der Waals surface area contributed by atoms with Gasteiger partial charge in [-0.05, 0) is 25.7 Å². The van der Waals surface area contributed by atoms with Gasteiger partial charge in [0.1, 0.15) is 0 Å². The standard InChI is InChI=1S/C13H24Cl2O2Si/c1-16-18(17-2,10-6-4-3-5-7-10)13-11(14)8-9-12(13)15/h10-13H,3-9H2,1-2H3. The van der Waals surface area contributed by atoms with Gasteiger partial charge < -0.3 is 8.85 Å². The second-order valence-corrected chi connectivity index (χ2v) is 10.5. The maximum absolute atomic E-state index is 6.52. The summed E-state index contributed by atoms with van der Waals surface area (Å²) in [6.45, 7) is 0. The van der Waals surface area contributed by atoms with Crippen molar-refractivity contribution in [3.63, 3.8) is 0 Å². The third kappa shape index (κ3) is 2.62. The molecule has 0 aromatic carbocycles. The summed E-state index contributed by atoms with van der Waals surface area (Å²) in [7, 11) is 1.30. The predicted molar refractivity (Wildman–Crippen MR) is 78.9 cm³/mol. The highest BCUT2D eigenvalue weighted by Gasteiger charge is 2.58. The number of halogens is 2. The quantitative estimate of drug-likeness (QED) is 0.565. The minimum absolute atomic E-state index is 0.126. The fourth-order valence-electron chi connectivity index (χ4n) is 3.87. The van der Waals surface area contributed by atoms with E-state index < -0.39 is 8.56 Å². The monoisotopic (exact) mass is 310 g/mol. The predicted octanol–water partition coefficient (Wildman–Crippen LogP) is 4.43. The Morgan fingerprint density at radius 1 is 0.833 bits per heavy atom. The van der Waals surface area contributed by atoms with E-state index in [0.717, 1.165) is 12.8 Å².